The van der Waals surface area contributed by atoms with Crippen molar-refractivity contribution in [3.63, 3.8) is 0 Å². The number of rotatable bonds is 7. The maximum atomic E-state index is 12.7. The molecule has 1 aromatic carbocycles. The van der Waals surface area contributed by atoms with Crippen LogP contribution in [-0.4, -0.2) is 46.7 Å². The number of aromatic nitrogens is 2. The van der Waals surface area contributed by atoms with Crippen molar-refractivity contribution < 1.29 is 14.3 Å². The van der Waals surface area contributed by atoms with Crippen molar-refractivity contribution in [1.29, 1.82) is 0 Å². The van der Waals surface area contributed by atoms with E-state index < -0.39 is 6.10 Å². The normalized spacial score (nSPS) is 17.8. The van der Waals surface area contributed by atoms with Gasteiger partial charge in [-0.3, -0.25) is 4.79 Å². The third kappa shape index (κ3) is 4.39. The van der Waals surface area contributed by atoms with Gasteiger partial charge in [0.1, 0.15) is 11.9 Å². The summed E-state index contributed by atoms with van der Waals surface area (Å²) in [4.78, 5) is 19.0. The number of benzene rings is 1. The zero-order valence-electron chi connectivity index (χ0n) is 14.9. The molecule has 1 saturated heterocycles. The minimum absolute atomic E-state index is 0.0344. The van der Waals surface area contributed by atoms with E-state index in [4.69, 9.17) is 9.47 Å². The van der Waals surface area contributed by atoms with E-state index in [-0.39, 0.29) is 5.91 Å². The highest BCUT2D eigenvalue weighted by Crippen LogP contribution is 2.17. The van der Waals surface area contributed by atoms with Crippen molar-refractivity contribution in [1.82, 2.24) is 14.5 Å². The molecule has 1 fully saturated rings. The van der Waals surface area contributed by atoms with Gasteiger partial charge in [-0.1, -0.05) is 19.1 Å². The van der Waals surface area contributed by atoms with Crippen LogP contribution < -0.4 is 4.74 Å². The predicted molar refractivity (Wildman–Crippen MR) is 94.4 cm³/mol. The van der Waals surface area contributed by atoms with Gasteiger partial charge in [0.25, 0.3) is 5.91 Å². The number of hydrogen-bond donors (Lipinski definition) is 0. The Bertz CT molecular complexity index is 696. The molecular weight excluding hydrogens is 318 g/mol. The van der Waals surface area contributed by atoms with Crippen LogP contribution in [0.3, 0.4) is 0 Å². The minimum atomic E-state index is -0.447. The molecule has 0 aliphatic carbocycles. The third-order valence-electron chi connectivity index (χ3n) is 4.36. The van der Waals surface area contributed by atoms with E-state index in [0.29, 0.717) is 26.1 Å². The Morgan fingerprint density at radius 3 is 2.84 bits per heavy atom. The topological polar surface area (TPSA) is 56.6 Å². The summed E-state index contributed by atoms with van der Waals surface area (Å²) in [6, 6.07) is 7.81. The van der Waals surface area contributed by atoms with Crippen LogP contribution in [0.25, 0.3) is 0 Å². The van der Waals surface area contributed by atoms with Crippen LogP contribution in [-0.2, 0) is 29.0 Å². The molecule has 2 heterocycles. The summed E-state index contributed by atoms with van der Waals surface area (Å²) >= 11 is 0. The van der Waals surface area contributed by atoms with Crippen LogP contribution in [0.1, 0.15) is 24.6 Å². The van der Waals surface area contributed by atoms with Gasteiger partial charge in [0.15, 0.2) is 0 Å². The van der Waals surface area contributed by atoms with Crippen LogP contribution in [0.2, 0.25) is 0 Å². The molecule has 1 amide bonds. The molecule has 1 aromatic heterocycles. The number of carbonyl (C=O) groups is 1. The fourth-order valence-corrected chi connectivity index (χ4v) is 3.03. The number of carbonyl (C=O) groups excluding carboxylic acids is 1. The lowest BCUT2D eigenvalue weighted by Crippen LogP contribution is -2.48. The molecule has 0 N–H and O–H groups in total. The second kappa shape index (κ2) is 8.16. The van der Waals surface area contributed by atoms with Gasteiger partial charge in [0, 0.05) is 32.3 Å². The average Bonchev–Trinajstić information content (AvgIpc) is 3.06. The molecule has 2 aromatic rings. The predicted octanol–water partition coefficient (Wildman–Crippen LogP) is 2.27. The van der Waals surface area contributed by atoms with Crippen molar-refractivity contribution >= 4 is 5.91 Å². The number of hydrogen-bond acceptors (Lipinski definition) is 4. The van der Waals surface area contributed by atoms with Crippen molar-refractivity contribution in [2.75, 3.05) is 20.3 Å². The second-order valence-corrected chi connectivity index (χ2v) is 6.27. The summed E-state index contributed by atoms with van der Waals surface area (Å²) in [7, 11) is 1.65. The largest absolute Gasteiger partial charge is 0.497 e. The lowest BCUT2D eigenvalue weighted by molar-refractivity contribution is -0.153. The van der Waals surface area contributed by atoms with E-state index in [1.165, 1.54) is 0 Å². The summed E-state index contributed by atoms with van der Waals surface area (Å²) in [5.74, 6) is 0.852. The monoisotopic (exact) mass is 343 g/mol. The van der Waals surface area contributed by atoms with Gasteiger partial charge >= 0.3 is 0 Å². The zero-order valence-corrected chi connectivity index (χ0v) is 14.9. The third-order valence-corrected chi connectivity index (χ3v) is 4.36. The zero-order chi connectivity index (χ0) is 17.6. The molecular formula is C19H25N3O3. The number of amides is 1. The number of methoxy groups -OCH3 is 1. The van der Waals surface area contributed by atoms with Gasteiger partial charge in [0.2, 0.25) is 0 Å². The van der Waals surface area contributed by atoms with E-state index in [0.717, 1.165) is 30.0 Å². The lowest BCUT2D eigenvalue weighted by Gasteiger charge is -2.32. The van der Waals surface area contributed by atoms with Gasteiger partial charge in [-0.25, -0.2) is 4.98 Å². The van der Waals surface area contributed by atoms with Crippen molar-refractivity contribution in [3.05, 3.63) is 48.0 Å². The summed E-state index contributed by atoms with van der Waals surface area (Å²) < 4.78 is 12.9. The van der Waals surface area contributed by atoms with E-state index >= 15 is 0 Å². The van der Waals surface area contributed by atoms with Crippen LogP contribution in [0.4, 0.5) is 0 Å². The fraction of sp³-hybridized carbons (Fsp3) is 0.474. The van der Waals surface area contributed by atoms with E-state index in [2.05, 4.69) is 16.5 Å². The van der Waals surface area contributed by atoms with Crippen molar-refractivity contribution in [2.24, 2.45) is 0 Å². The number of morpholine rings is 1. The molecule has 1 aliphatic heterocycles. The van der Waals surface area contributed by atoms with Gasteiger partial charge < -0.3 is 18.9 Å². The summed E-state index contributed by atoms with van der Waals surface area (Å²) in [6.45, 7) is 4.83. The minimum Gasteiger partial charge on any atom is -0.497 e. The standard InChI is InChI=1S/C19H25N3O3/c1-3-8-21-13-16(20-14-21)11-18-19(23)22(9-10-25-18)12-15-4-6-17(24-2)7-5-15/h4-7,13-14,18H,3,8-12H2,1-2H3/t18-/m0/s1. The Kier molecular flexibility index (Phi) is 5.71. The molecule has 134 valence electrons. The molecule has 0 radical (unpaired) electrons. The Morgan fingerprint density at radius 2 is 2.12 bits per heavy atom. The first-order valence-electron chi connectivity index (χ1n) is 8.73. The first kappa shape index (κ1) is 17.5. The average molecular weight is 343 g/mol. The quantitative estimate of drug-likeness (QED) is 0.774. The first-order valence-corrected chi connectivity index (χ1v) is 8.73. The van der Waals surface area contributed by atoms with Gasteiger partial charge in [-0.2, -0.15) is 0 Å². The Hall–Kier alpha value is -2.34. The van der Waals surface area contributed by atoms with Crippen LogP contribution >= 0.6 is 0 Å². The van der Waals surface area contributed by atoms with Crippen LogP contribution in [0, 0.1) is 0 Å². The van der Waals surface area contributed by atoms with Crippen molar-refractivity contribution in [3.8, 4) is 5.75 Å². The summed E-state index contributed by atoms with van der Waals surface area (Å²) in [6.07, 6.45) is 4.96. The highest BCUT2D eigenvalue weighted by Gasteiger charge is 2.30. The van der Waals surface area contributed by atoms with E-state index in [1.54, 1.807) is 7.11 Å². The molecule has 0 spiro atoms. The lowest BCUT2D eigenvalue weighted by atomic mass is 10.1. The Balaban J connectivity index is 1.61. The molecule has 1 aliphatic rings. The molecule has 0 bridgehead atoms. The first-order chi connectivity index (χ1) is 12.2. The Labute approximate surface area is 148 Å². The van der Waals surface area contributed by atoms with E-state index in [9.17, 15) is 4.79 Å². The second-order valence-electron chi connectivity index (χ2n) is 6.27. The summed E-state index contributed by atoms with van der Waals surface area (Å²) in [5, 5.41) is 0. The highest BCUT2D eigenvalue weighted by atomic mass is 16.5. The smallest absolute Gasteiger partial charge is 0.252 e. The molecule has 1 atom stereocenters. The fourth-order valence-electron chi connectivity index (χ4n) is 3.03. The maximum Gasteiger partial charge on any atom is 0.252 e. The maximum absolute atomic E-state index is 12.7. The number of imidazole rings is 1. The molecule has 25 heavy (non-hydrogen) atoms. The van der Waals surface area contributed by atoms with Gasteiger partial charge in [0.05, 0.1) is 25.7 Å². The molecule has 0 unspecified atom stereocenters. The van der Waals surface area contributed by atoms with Gasteiger partial charge in [-0.15, -0.1) is 0 Å². The SMILES string of the molecule is CCCn1cnc(C[C@@H]2OCCN(Cc3ccc(OC)cc3)C2=O)c1. The highest BCUT2D eigenvalue weighted by molar-refractivity contribution is 5.81. The molecule has 6 heteroatoms. The van der Waals surface area contributed by atoms with Crippen LogP contribution in [0.5, 0.6) is 5.75 Å². The van der Waals surface area contributed by atoms with Crippen molar-refractivity contribution in [2.45, 2.75) is 39.0 Å². The van der Waals surface area contributed by atoms with Crippen LogP contribution in [0.15, 0.2) is 36.8 Å². The summed E-state index contributed by atoms with van der Waals surface area (Å²) in [5.41, 5.74) is 1.99. The number of ether oxygens (including phenoxy) is 2. The molecule has 3 rings (SSSR count). The molecule has 0 saturated carbocycles. The Morgan fingerprint density at radius 1 is 1.32 bits per heavy atom. The number of aryl methyl sites for hydroxylation is 1. The number of nitrogens with zero attached hydrogens (tertiary/aromatic N) is 3. The van der Waals surface area contributed by atoms with E-state index in [1.807, 2.05) is 41.7 Å². The molecule has 6 nitrogen and oxygen atoms in total. The van der Waals surface area contributed by atoms with Gasteiger partial charge in [-0.05, 0) is 24.1 Å².